The van der Waals surface area contributed by atoms with Crippen molar-refractivity contribution in [3.63, 3.8) is 0 Å². The van der Waals surface area contributed by atoms with Crippen LogP contribution < -0.4 is 20.2 Å². The molecular weight excluding hydrogens is 489 g/mol. The Morgan fingerprint density at radius 2 is 1.69 bits per heavy atom. The van der Waals surface area contributed by atoms with Crippen molar-refractivity contribution in [2.24, 2.45) is 5.10 Å². The largest absolute Gasteiger partial charge is 0.490 e. The quantitative estimate of drug-likeness (QED) is 0.249. The third-order valence-corrected chi connectivity index (χ3v) is 5.29. The van der Waals surface area contributed by atoms with Crippen LogP contribution in [0, 0.1) is 0 Å². The summed E-state index contributed by atoms with van der Waals surface area (Å²) in [5.41, 5.74) is 4.61. The maximum Gasteiger partial charge on any atom is 0.240 e. The molecule has 3 aromatic carbocycles. The van der Waals surface area contributed by atoms with Gasteiger partial charge in [0.15, 0.2) is 11.5 Å². The van der Waals surface area contributed by atoms with Gasteiger partial charge in [-0.3, -0.25) is 9.59 Å². The molecule has 7 nitrogen and oxygen atoms in total. The molecule has 2 amide bonds. The molecular formula is C26H25Cl2N3O4. The van der Waals surface area contributed by atoms with Gasteiger partial charge in [0.05, 0.1) is 12.8 Å². The molecule has 0 radical (unpaired) electrons. The van der Waals surface area contributed by atoms with Crippen molar-refractivity contribution in [2.45, 2.75) is 26.4 Å². The van der Waals surface area contributed by atoms with E-state index in [2.05, 4.69) is 15.8 Å². The number of nitrogens with one attached hydrogen (secondary N) is 2. The highest BCUT2D eigenvalue weighted by Gasteiger charge is 2.09. The average Bonchev–Trinajstić information content (AvgIpc) is 2.84. The Labute approximate surface area is 214 Å². The van der Waals surface area contributed by atoms with Crippen LogP contribution in [0.25, 0.3) is 0 Å². The maximum absolute atomic E-state index is 12.0. The van der Waals surface area contributed by atoms with Gasteiger partial charge in [-0.15, -0.1) is 0 Å². The van der Waals surface area contributed by atoms with E-state index in [-0.39, 0.29) is 31.3 Å². The van der Waals surface area contributed by atoms with Crippen LogP contribution in [0.3, 0.4) is 0 Å². The molecule has 0 aliphatic carbocycles. The molecule has 0 aliphatic rings. The average molecular weight is 514 g/mol. The summed E-state index contributed by atoms with van der Waals surface area (Å²) >= 11 is 12.1. The summed E-state index contributed by atoms with van der Waals surface area (Å²) in [4.78, 5) is 24.0. The minimum Gasteiger partial charge on any atom is -0.490 e. The monoisotopic (exact) mass is 513 g/mol. The van der Waals surface area contributed by atoms with E-state index in [1.807, 2.05) is 25.1 Å². The first-order chi connectivity index (χ1) is 16.9. The zero-order valence-corrected chi connectivity index (χ0v) is 20.6. The predicted octanol–water partition coefficient (Wildman–Crippen LogP) is 5.84. The highest BCUT2D eigenvalue weighted by molar-refractivity contribution is 6.35. The Hall–Kier alpha value is -3.55. The smallest absolute Gasteiger partial charge is 0.240 e. The second kappa shape index (κ2) is 13.4. The third-order valence-electron chi connectivity index (χ3n) is 4.71. The fourth-order valence-electron chi connectivity index (χ4n) is 2.99. The Morgan fingerprint density at radius 3 is 2.43 bits per heavy atom. The predicted molar refractivity (Wildman–Crippen MR) is 138 cm³/mol. The van der Waals surface area contributed by atoms with Gasteiger partial charge >= 0.3 is 0 Å². The van der Waals surface area contributed by atoms with Crippen molar-refractivity contribution < 1.29 is 19.1 Å². The lowest BCUT2D eigenvalue weighted by atomic mass is 10.2. The molecule has 0 atom stereocenters. The number of hydrogen-bond donors (Lipinski definition) is 2. The summed E-state index contributed by atoms with van der Waals surface area (Å²) < 4.78 is 11.6. The number of nitrogens with zero attached hydrogens (tertiary/aromatic N) is 1. The van der Waals surface area contributed by atoms with Crippen molar-refractivity contribution in [2.75, 3.05) is 11.9 Å². The van der Waals surface area contributed by atoms with E-state index in [0.29, 0.717) is 39.4 Å². The van der Waals surface area contributed by atoms with Crippen molar-refractivity contribution >= 4 is 46.9 Å². The van der Waals surface area contributed by atoms with Gasteiger partial charge in [-0.1, -0.05) is 47.5 Å². The van der Waals surface area contributed by atoms with Crippen LogP contribution in [0.4, 0.5) is 5.69 Å². The van der Waals surface area contributed by atoms with Gasteiger partial charge in [-0.05, 0) is 55.0 Å². The fraction of sp³-hybridized carbons (Fsp3) is 0.192. The number of ether oxygens (including phenoxy) is 2. The number of amides is 2. The molecule has 9 heteroatoms. The lowest BCUT2D eigenvalue weighted by Gasteiger charge is -2.13. The minimum absolute atomic E-state index is 0.0141. The highest BCUT2D eigenvalue weighted by atomic mass is 35.5. The number of carbonyl (C=O) groups excluding carboxylic acids is 2. The molecule has 182 valence electrons. The Balaban J connectivity index is 1.51. The Morgan fingerprint density at radius 1 is 0.914 bits per heavy atom. The molecule has 0 unspecified atom stereocenters. The third kappa shape index (κ3) is 8.63. The number of hydrazone groups is 1. The first kappa shape index (κ1) is 26.1. The lowest BCUT2D eigenvalue weighted by molar-refractivity contribution is -0.124. The van der Waals surface area contributed by atoms with Gasteiger partial charge in [-0.2, -0.15) is 5.10 Å². The number of benzene rings is 3. The summed E-state index contributed by atoms with van der Waals surface area (Å²) in [5.74, 6) is 0.468. The second-order valence-corrected chi connectivity index (χ2v) is 8.21. The number of halogens is 2. The maximum atomic E-state index is 12.0. The molecule has 0 spiro atoms. The number of para-hydroxylation sites is 1. The van der Waals surface area contributed by atoms with Crippen molar-refractivity contribution in [3.05, 3.63) is 87.9 Å². The van der Waals surface area contributed by atoms with E-state index in [9.17, 15) is 9.59 Å². The summed E-state index contributed by atoms with van der Waals surface area (Å²) in [5, 5.41) is 7.77. The van der Waals surface area contributed by atoms with Crippen molar-refractivity contribution in [1.82, 2.24) is 5.43 Å². The first-order valence-corrected chi connectivity index (χ1v) is 11.7. The first-order valence-electron chi connectivity index (χ1n) is 10.9. The molecule has 0 fully saturated rings. The fourth-order valence-corrected chi connectivity index (χ4v) is 3.46. The molecule has 0 heterocycles. The summed E-state index contributed by atoms with van der Waals surface area (Å²) in [6, 6.07) is 19.6. The molecule has 2 N–H and O–H groups in total. The zero-order chi connectivity index (χ0) is 25.0. The molecule has 0 saturated heterocycles. The highest BCUT2D eigenvalue weighted by Crippen LogP contribution is 2.30. The van der Waals surface area contributed by atoms with E-state index < -0.39 is 0 Å². The number of hydrogen-bond acceptors (Lipinski definition) is 5. The van der Waals surface area contributed by atoms with Crippen LogP contribution in [0.1, 0.15) is 30.9 Å². The van der Waals surface area contributed by atoms with Crippen LogP contribution in [0.15, 0.2) is 71.8 Å². The van der Waals surface area contributed by atoms with Crippen molar-refractivity contribution in [3.8, 4) is 11.5 Å². The van der Waals surface area contributed by atoms with Gasteiger partial charge in [0, 0.05) is 34.1 Å². The van der Waals surface area contributed by atoms with Crippen LogP contribution in [-0.2, 0) is 16.2 Å². The molecule has 0 aromatic heterocycles. The molecule has 0 aliphatic heterocycles. The van der Waals surface area contributed by atoms with Gasteiger partial charge in [-0.25, -0.2) is 5.43 Å². The summed E-state index contributed by atoms with van der Waals surface area (Å²) in [6.07, 6.45) is 1.55. The van der Waals surface area contributed by atoms with E-state index in [0.717, 1.165) is 5.56 Å². The SMILES string of the molecule is CCOc1cc(C=NNC(=O)CCC(=O)Nc2ccccc2)ccc1OCc1ccc(Cl)cc1Cl. The van der Waals surface area contributed by atoms with Crippen LogP contribution in [0.5, 0.6) is 11.5 Å². The van der Waals surface area contributed by atoms with Crippen LogP contribution in [0.2, 0.25) is 10.0 Å². The molecule has 0 saturated carbocycles. The van der Waals surface area contributed by atoms with E-state index in [4.69, 9.17) is 32.7 Å². The normalized spacial score (nSPS) is 10.7. The lowest BCUT2D eigenvalue weighted by Crippen LogP contribution is -2.20. The zero-order valence-electron chi connectivity index (χ0n) is 19.1. The standard InChI is InChI=1S/C26H25Cl2N3O4/c1-2-34-24-14-18(8-11-23(24)35-17-19-9-10-20(27)15-22(19)28)16-29-31-26(33)13-12-25(32)30-21-6-4-3-5-7-21/h3-11,14-16H,2,12-13,17H2,1H3,(H,30,32)(H,31,33). The van der Waals surface area contributed by atoms with Gasteiger partial charge in [0.25, 0.3) is 0 Å². The van der Waals surface area contributed by atoms with Crippen LogP contribution in [-0.4, -0.2) is 24.6 Å². The van der Waals surface area contributed by atoms with E-state index in [1.165, 1.54) is 6.21 Å². The minimum atomic E-state index is -0.366. The number of carbonyl (C=O) groups is 2. The van der Waals surface area contributed by atoms with E-state index >= 15 is 0 Å². The van der Waals surface area contributed by atoms with Gasteiger partial charge < -0.3 is 14.8 Å². The second-order valence-electron chi connectivity index (χ2n) is 7.37. The molecule has 0 bridgehead atoms. The molecule has 35 heavy (non-hydrogen) atoms. The number of anilines is 1. The van der Waals surface area contributed by atoms with Crippen molar-refractivity contribution in [1.29, 1.82) is 0 Å². The van der Waals surface area contributed by atoms with Crippen LogP contribution >= 0.6 is 23.2 Å². The van der Waals surface area contributed by atoms with Gasteiger partial charge in [0.1, 0.15) is 6.61 Å². The topological polar surface area (TPSA) is 89.0 Å². The number of rotatable bonds is 11. The molecule has 3 rings (SSSR count). The van der Waals surface area contributed by atoms with E-state index in [1.54, 1.807) is 48.5 Å². The molecule has 3 aromatic rings. The summed E-state index contributed by atoms with van der Waals surface area (Å²) in [6.45, 7) is 2.56. The Kier molecular flexibility index (Phi) is 9.95. The summed E-state index contributed by atoms with van der Waals surface area (Å²) in [7, 11) is 0. The Bertz CT molecular complexity index is 1190. The van der Waals surface area contributed by atoms with Gasteiger partial charge in [0.2, 0.25) is 11.8 Å².